The van der Waals surface area contributed by atoms with E-state index in [4.69, 9.17) is 4.74 Å². The molecule has 0 aliphatic carbocycles. The first-order valence-corrected chi connectivity index (χ1v) is 9.49. The lowest BCUT2D eigenvalue weighted by Crippen LogP contribution is -2.47. The van der Waals surface area contributed by atoms with Gasteiger partial charge in [-0.3, -0.25) is 4.79 Å². The van der Waals surface area contributed by atoms with Gasteiger partial charge in [0.1, 0.15) is 6.04 Å². The van der Waals surface area contributed by atoms with Gasteiger partial charge in [-0.15, -0.1) is 23.1 Å². The predicted octanol–water partition coefficient (Wildman–Crippen LogP) is 3.49. The van der Waals surface area contributed by atoms with E-state index in [0.29, 0.717) is 23.2 Å². The van der Waals surface area contributed by atoms with Crippen molar-refractivity contribution in [1.82, 2.24) is 4.90 Å². The fourth-order valence-electron chi connectivity index (χ4n) is 2.35. The summed E-state index contributed by atoms with van der Waals surface area (Å²) in [6, 6.07) is 3.19. The number of esters is 1. The molecule has 2 heterocycles. The van der Waals surface area contributed by atoms with E-state index in [9.17, 15) is 9.59 Å². The van der Waals surface area contributed by atoms with E-state index in [1.54, 1.807) is 16.7 Å². The number of rotatable bonds is 5. The number of thiophene rings is 1. The zero-order valence-electron chi connectivity index (χ0n) is 13.4. The van der Waals surface area contributed by atoms with Crippen LogP contribution in [-0.2, 0) is 9.53 Å². The highest BCUT2D eigenvalue weighted by atomic mass is 32.2. The third-order valence-electron chi connectivity index (χ3n) is 3.40. The molecule has 1 fully saturated rings. The van der Waals surface area contributed by atoms with Gasteiger partial charge in [0.25, 0.3) is 5.91 Å². The molecule has 2 atom stereocenters. The van der Waals surface area contributed by atoms with Gasteiger partial charge in [0.05, 0.1) is 16.9 Å². The number of thioether (sulfide) groups is 1. The monoisotopic (exact) mass is 341 g/mol. The number of carbonyl (C=O) groups excluding carboxylic acids is 2. The second-order valence-corrected chi connectivity index (χ2v) is 8.29. The van der Waals surface area contributed by atoms with Gasteiger partial charge in [0, 0.05) is 5.75 Å². The number of nitrogens with zero attached hydrogens (tertiary/aromatic N) is 1. The Labute approximate surface area is 140 Å². The van der Waals surface area contributed by atoms with Crippen LogP contribution in [0.25, 0.3) is 0 Å². The standard InChI is InChI=1S/C16H23NO3S2/c1-10(2)8-20-16(19)12-9-22-15(11(3)4)17(12)14(18)13-6-5-7-21-13/h5-7,10-12,15H,8-9H2,1-4H3. The third-order valence-corrected chi connectivity index (χ3v) is 5.88. The van der Waals surface area contributed by atoms with Crippen LogP contribution in [0.4, 0.5) is 0 Å². The molecule has 6 heteroatoms. The summed E-state index contributed by atoms with van der Waals surface area (Å²) in [5, 5.41) is 1.90. The Morgan fingerprint density at radius 2 is 2.09 bits per heavy atom. The van der Waals surface area contributed by atoms with Crippen molar-refractivity contribution in [3.63, 3.8) is 0 Å². The minimum atomic E-state index is -0.481. The molecule has 0 N–H and O–H groups in total. The van der Waals surface area contributed by atoms with Gasteiger partial charge < -0.3 is 9.64 Å². The molecule has 1 aromatic rings. The van der Waals surface area contributed by atoms with Gasteiger partial charge in [-0.2, -0.15) is 0 Å². The van der Waals surface area contributed by atoms with Gasteiger partial charge in [-0.05, 0) is 23.3 Å². The van der Waals surface area contributed by atoms with Gasteiger partial charge >= 0.3 is 5.97 Å². The maximum absolute atomic E-state index is 12.8. The summed E-state index contributed by atoms with van der Waals surface area (Å²) in [5.41, 5.74) is 0. The fourth-order valence-corrected chi connectivity index (χ4v) is 4.48. The number of ether oxygens (including phenoxy) is 1. The molecule has 1 saturated heterocycles. The number of hydrogen-bond donors (Lipinski definition) is 0. The van der Waals surface area contributed by atoms with Crippen molar-refractivity contribution in [1.29, 1.82) is 0 Å². The first kappa shape index (κ1) is 17.3. The molecule has 0 bridgehead atoms. The Balaban J connectivity index is 2.18. The molecule has 122 valence electrons. The lowest BCUT2D eigenvalue weighted by atomic mass is 10.1. The lowest BCUT2D eigenvalue weighted by Gasteiger charge is -2.30. The van der Waals surface area contributed by atoms with Gasteiger partial charge in [0.2, 0.25) is 0 Å². The molecule has 2 rings (SSSR count). The highest BCUT2D eigenvalue weighted by molar-refractivity contribution is 8.00. The molecule has 0 saturated carbocycles. The number of hydrogen-bond acceptors (Lipinski definition) is 5. The molecule has 1 aliphatic rings. The smallest absolute Gasteiger partial charge is 0.329 e. The Kier molecular flexibility index (Phi) is 5.92. The Hall–Kier alpha value is -1.01. The summed E-state index contributed by atoms with van der Waals surface area (Å²) in [6.45, 7) is 8.56. The van der Waals surface area contributed by atoms with Crippen LogP contribution < -0.4 is 0 Å². The van der Waals surface area contributed by atoms with Crippen LogP contribution in [0.15, 0.2) is 17.5 Å². The summed E-state index contributed by atoms with van der Waals surface area (Å²) in [4.78, 5) is 27.6. The van der Waals surface area contributed by atoms with Crippen LogP contribution in [0.2, 0.25) is 0 Å². The summed E-state index contributed by atoms with van der Waals surface area (Å²) in [5.74, 6) is 0.841. The quantitative estimate of drug-likeness (QED) is 0.769. The molecular weight excluding hydrogens is 318 g/mol. The van der Waals surface area contributed by atoms with Crippen molar-refractivity contribution in [2.75, 3.05) is 12.4 Å². The maximum atomic E-state index is 12.8. The zero-order chi connectivity index (χ0) is 16.3. The van der Waals surface area contributed by atoms with Gasteiger partial charge in [-0.25, -0.2) is 4.79 Å². The molecule has 4 nitrogen and oxygen atoms in total. The van der Waals surface area contributed by atoms with Crippen molar-refractivity contribution in [2.45, 2.75) is 39.1 Å². The number of carbonyl (C=O) groups is 2. The first-order chi connectivity index (χ1) is 10.4. The van der Waals surface area contributed by atoms with E-state index in [0.717, 1.165) is 0 Å². The average molecular weight is 341 g/mol. The minimum absolute atomic E-state index is 0.0196. The molecule has 1 aliphatic heterocycles. The molecule has 0 spiro atoms. The summed E-state index contributed by atoms with van der Waals surface area (Å²) in [7, 11) is 0. The van der Waals surface area contributed by atoms with Crippen molar-refractivity contribution in [3.05, 3.63) is 22.4 Å². The second-order valence-electron chi connectivity index (χ2n) is 6.20. The Bertz CT molecular complexity index is 513. The largest absolute Gasteiger partial charge is 0.464 e. The summed E-state index contributed by atoms with van der Waals surface area (Å²) < 4.78 is 5.37. The van der Waals surface area contributed by atoms with E-state index in [-0.39, 0.29) is 23.2 Å². The normalized spacial score (nSPS) is 21.6. The molecule has 1 aromatic heterocycles. The van der Waals surface area contributed by atoms with Crippen LogP contribution in [0.1, 0.15) is 37.4 Å². The van der Waals surface area contributed by atoms with E-state index >= 15 is 0 Å². The van der Waals surface area contributed by atoms with E-state index < -0.39 is 6.04 Å². The highest BCUT2D eigenvalue weighted by Crippen LogP contribution is 2.36. The van der Waals surface area contributed by atoms with Gasteiger partial charge in [-0.1, -0.05) is 33.8 Å². The molecular formula is C16H23NO3S2. The molecule has 0 radical (unpaired) electrons. The molecule has 2 unspecified atom stereocenters. The third kappa shape index (κ3) is 3.84. The van der Waals surface area contributed by atoms with Gasteiger partial charge in [0.15, 0.2) is 0 Å². The van der Waals surface area contributed by atoms with Crippen molar-refractivity contribution >= 4 is 35.0 Å². The van der Waals surface area contributed by atoms with E-state index in [2.05, 4.69) is 13.8 Å². The Morgan fingerprint density at radius 3 is 2.64 bits per heavy atom. The van der Waals surface area contributed by atoms with Crippen molar-refractivity contribution in [2.24, 2.45) is 11.8 Å². The van der Waals surface area contributed by atoms with Crippen LogP contribution in [0.3, 0.4) is 0 Å². The average Bonchev–Trinajstić information content (AvgIpc) is 3.12. The van der Waals surface area contributed by atoms with Crippen LogP contribution in [0.5, 0.6) is 0 Å². The lowest BCUT2D eigenvalue weighted by molar-refractivity contribution is -0.149. The summed E-state index contributed by atoms with van der Waals surface area (Å²) >= 11 is 3.07. The van der Waals surface area contributed by atoms with Crippen LogP contribution in [0, 0.1) is 11.8 Å². The zero-order valence-corrected chi connectivity index (χ0v) is 15.1. The van der Waals surface area contributed by atoms with E-state index in [1.165, 1.54) is 11.3 Å². The Morgan fingerprint density at radius 1 is 1.36 bits per heavy atom. The molecule has 22 heavy (non-hydrogen) atoms. The van der Waals surface area contributed by atoms with E-state index in [1.807, 2.05) is 31.4 Å². The van der Waals surface area contributed by atoms with Crippen molar-refractivity contribution in [3.8, 4) is 0 Å². The SMILES string of the molecule is CC(C)COC(=O)C1CSC(C(C)C)N1C(=O)c1cccs1. The van der Waals surface area contributed by atoms with Crippen LogP contribution in [-0.4, -0.2) is 40.6 Å². The minimum Gasteiger partial charge on any atom is -0.464 e. The molecule has 0 aromatic carbocycles. The highest BCUT2D eigenvalue weighted by Gasteiger charge is 2.44. The molecule has 1 amide bonds. The fraction of sp³-hybridized carbons (Fsp3) is 0.625. The topological polar surface area (TPSA) is 46.6 Å². The first-order valence-electron chi connectivity index (χ1n) is 7.56. The van der Waals surface area contributed by atoms with Crippen LogP contribution >= 0.6 is 23.1 Å². The second kappa shape index (κ2) is 7.51. The number of amides is 1. The van der Waals surface area contributed by atoms with Crippen molar-refractivity contribution < 1.29 is 14.3 Å². The maximum Gasteiger partial charge on any atom is 0.329 e. The summed E-state index contributed by atoms with van der Waals surface area (Å²) in [6.07, 6.45) is 0. The predicted molar refractivity (Wildman–Crippen MR) is 91.2 cm³/mol.